The first-order valence-electron chi connectivity index (χ1n) is 6.21. The summed E-state index contributed by atoms with van der Waals surface area (Å²) in [5, 5.41) is 6.63. The zero-order valence-electron chi connectivity index (χ0n) is 10.5. The molecule has 1 unspecified atom stereocenters. The number of nitrogens with one attached hydrogen (secondary N) is 2. The lowest BCUT2D eigenvalue weighted by Gasteiger charge is -2.11. The van der Waals surface area contributed by atoms with E-state index in [2.05, 4.69) is 20.6 Å². The van der Waals surface area contributed by atoms with E-state index in [4.69, 9.17) is 4.74 Å². The lowest BCUT2D eigenvalue weighted by Crippen LogP contribution is -2.18. The molecule has 5 nitrogen and oxygen atoms in total. The first-order chi connectivity index (χ1) is 8.28. The maximum absolute atomic E-state index is 5.40. The van der Waals surface area contributed by atoms with Gasteiger partial charge in [0.1, 0.15) is 0 Å². The fourth-order valence-electron chi connectivity index (χ4n) is 1.96. The highest BCUT2D eigenvalue weighted by molar-refractivity contribution is 5.30. The molecule has 1 atom stereocenters. The van der Waals surface area contributed by atoms with Crippen LogP contribution in [0.3, 0.4) is 0 Å². The minimum Gasteiger partial charge on any atom is -0.478 e. The smallest absolute Gasteiger partial charge is 0.226 e. The predicted molar refractivity (Wildman–Crippen MR) is 67.4 cm³/mol. The van der Waals surface area contributed by atoms with Crippen molar-refractivity contribution in [1.82, 2.24) is 15.3 Å². The molecule has 1 aromatic rings. The lowest BCUT2D eigenvalue weighted by atomic mass is 10.1. The van der Waals surface area contributed by atoms with Crippen LogP contribution in [-0.4, -0.2) is 36.2 Å². The second-order valence-electron chi connectivity index (χ2n) is 4.34. The standard InChI is InChI=1S/C12H20N4O/c1-3-17-11-6-9(2)15-12(16-11)14-8-10-4-5-13-7-10/h6,10,13H,3-5,7-8H2,1-2H3,(H,14,15,16). The molecule has 1 saturated heterocycles. The van der Waals surface area contributed by atoms with Gasteiger partial charge in [-0.2, -0.15) is 4.98 Å². The Morgan fingerprint density at radius 3 is 3.12 bits per heavy atom. The van der Waals surface area contributed by atoms with E-state index in [1.165, 1.54) is 6.42 Å². The van der Waals surface area contributed by atoms with Gasteiger partial charge in [0, 0.05) is 18.3 Å². The third-order valence-corrected chi connectivity index (χ3v) is 2.83. The summed E-state index contributed by atoms with van der Waals surface area (Å²) in [5.74, 6) is 1.99. The first-order valence-corrected chi connectivity index (χ1v) is 6.21. The van der Waals surface area contributed by atoms with Crippen molar-refractivity contribution in [3.8, 4) is 5.88 Å². The van der Waals surface area contributed by atoms with Crippen molar-refractivity contribution in [3.63, 3.8) is 0 Å². The second-order valence-corrected chi connectivity index (χ2v) is 4.34. The maximum atomic E-state index is 5.40. The Morgan fingerprint density at radius 1 is 1.53 bits per heavy atom. The summed E-state index contributed by atoms with van der Waals surface area (Å²) in [6.45, 7) is 7.65. The molecule has 1 aliphatic rings. The third kappa shape index (κ3) is 3.56. The fourth-order valence-corrected chi connectivity index (χ4v) is 1.96. The summed E-state index contributed by atoms with van der Waals surface area (Å²) in [5.41, 5.74) is 0.926. The van der Waals surface area contributed by atoms with Crippen LogP contribution in [0.25, 0.3) is 0 Å². The van der Waals surface area contributed by atoms with Gasteiger partial charge < -0.3 is 15.4 Å². The predicted octanol–water partition coefficient (Wildman–Crippen LogP) is 1.21. The molecule has 0 amide bonds. The van der Waals surface area contributed by atoms with Crippen LogP contribution in [-0.2, 0) is 0 Å². The highest BCUT2D eigenvalue weighted by Crippen LogP contribution is 2.13. The first kappa shape index (κ1) is 12.1. The summed E-state index contributed by atoms with van der Waals surface area (Å²) in [6.07, 6.45) is 1.22. The number of aryl methyl sites for hydroxylation is 1. The third-order valence-electron chi connectivity index (χ3n) is 2.83. The molecule has 5 heteroatoms. The molecule has 2 heterocycles. The SMILES string of the molecule is CCOc1cc(C)nc(NCC2CCNC2)n1. The van der Waals surface area contributed by atoms with E-state index in [0.29, 0.717) is 24.4 Å². The topological polar surface area (TPSA) is 59.1 Å². The van der Waals surface area contributed by atoms with Gasteiger partial charge in [-0.1, -0.05) is 0 Å². The van der Waals surface area contributed by atoms with Crippen LogP contribution in [0.5, 0.6) is 5.88 Å². The number of anilines is 1. The highest BCUT2D eigenvalue weighted by Gasteiger charge is 2.14. The van der Waals surface area contributed by atoms with Crippen molar-refractivity contribution in [1.29, 1.82) is 0 Å². The Kier molecular flexibility index (Phi) is 4.14. The van der Waals surface area contributed by atoms with Crippen molar-refractivity contribution in [2.24, 2.45) is 5.92 Å². The number of hydrogen-bond acceptors (Lipinski definition) is 5. The molecule has 0 bridgehead atoms. The zero-order valence-corrected chi connectivity index (χ0v) is 10.5. The molecular formula is C12H20N4O. The number of aromatic nitrogens is 2. The molecule has 17 heavy (non-hydrogen) atoms. The van der Waals surface area contributed by atoms with Gasteiger partial charge in [0.25, 0.3) is 0 Å². The summed E-state index contributed by atoms with van der Waals surface area (Å²) in [4.78, 5) is 8.67. The van der Waals surface area contributed by atoms with Crippen molar-refractivity contribution < 1.29 is 4.74 Å². The van der Waals surface area contributed by atoms with E-state index >= 15 is 0 Å². The summed E-state index contributed by atoms with van der Waals surface area (Å²) >= 11 is 0. The lowest BCUT2D eigenvalue weighted by molar-refractivity contribution is 0.326. The van der Waals surface area contributed by atoms with E-state index < -0.39 is 0 Å². The van der Waals surface area contributed by atoms with E-state index in [9.17, 15) is 0 Å². The monoisotopic (exact) mass is 236 g/mol. The van der Waals surface area contributed by atoms with Crippen molar-refractivity contribution >= 4 is 5.95 Å². The van der Waals surface area contributed by atoms with Gasteiger partial charge in [-0.05, 0) is 39.3 Å². The van der Waals surface area contributed by atoms with Crippen LogP contribution in [0.15, 0.2) is 6.07 Å². The zero-order chi connectivity index (χ0) is 12.1. The molecule has 0 spiro atoms. The molecule has 0 aromatic carbocycles. The minimum absolute atomic E-state index is 0.627. The fraction of sp³-hybridized carbons (Fsp3) is 0.667. The number of nitrogens with zero attached hydrogens (tertiary/aromatic N) is 2. The van der Waals surface area contributed by atoms with E-state index in [1.54, 1.807) is 0 Å². The average Bonchev–Trinajstić information content (AvgIpc) is 2.79. The molecule has 1 aromatic heterocycles. The number of ether oxygens (including phenoxy) is 1. The molecule has 0 saturated carbocycles. The Bertz CT molecular complexity index is 364. The van der Waals surface area contributed by atoms with Crippen LogP contribution in [0.1, 0.15) is 19.0 Å². The highest BCUT2D eigenvalue weighted by atomic mass is 16.5. The Balaban J connectivity index is 1.94. The Hall–Kier alpha value is -1.36. The molecule has 1 aliphatic heterocycles. The quantitative estimate of drug-likeness (QED) is 0.804. The van der Waals surface area contributed by atoms with Gasteiger partial charge in [0.2, 0.25) is 11.8 Å². The van der Waals surface area contributed by atoms with E-state index in [1.807, 2.05) is 19.9 Å². The normalized spacial score (nSPS) is 19.3. The van der Waals surface area contributed by atoms with Crippen LogP contribution < -0.4 is 15.4 Å². The van der Waals surface area contributed by atoms with Gasteiger partial charge in [-0.15, -0.1) is 0 Å². The summed E-state index contributed by atoms with van der Waals surface area (Å²) in [7, 11) is 0. The number of rotatable bonds is 5. The summed E-state index contributed by atoms with van der Waals surface area (Å²) < 4.78 is 5.40. The van der Waals surface area contributed by atoms with Crippen LogP contribution in [0, 0.1) is 12.8 Å². The Labute approximate surface area is 102 Å². The van der Waals surface area contributed by atoms with Gasteiger partial charge in [-0.25, -0.2) is 4.98 Å². The second kappa shape index (κ2) is 5.82. The minimum atomic E-state index is 0.627. The summed E-state index contributed by atoms with van der Waals surface area (Å²) in [6, 6.07) is 1.85. The van der Waals surface area contributed by atoms with E-state index in [0.717, 1.165) is 25.3 Å². The van der Waals surface area contributed by atoms with Gasteiger partial charge >= 0.3 is 0 Å². The molecular weight excluding hydrogens is 216 g/mol. The van der Waals surface area contributed by atoms with Crippen LogP contribution >= 0.6 is 0 Å². The van der Waals surface area contributed by atoms with Gasteiger partial charge in [0.05, 0.1) is 6.61 Å². The van der Waals surface area contributed by atoms with Crippen LogP contribution in [0.4, 0.5) is 5.95 Å². The maximum Gasteiger partial charge on any atom is 0.226 e. The molecule has 0 radical (unpaired) electrons. The largest absolute Gasteiger partial charge is 0.478 e. The molecule has 2 rings (SSSR count). The van der Waals surface area contributed by atoms with Crippen molar-refractivity contribution in [3.05, 3.63) is 11.8 Å². The van der Waals surface area contributed by atoms with E-state index in [-0.39, 0.29) is 0 Å². The molecule has 94 valence electrons. The van der Waals surface area contributed by atoms with Gasteiger partial charge in [0.15, 0.2) is 0 Å². The number of hydrogen-bond donors (Lipinski definition) is 2. The van der Waals surface area contributed by atoms with Crippen molar-refractivity contribution in [2.45, 2.75) is 20.3 Å². The molecule has 0 aliphatic carbocycles. The molecule has 1 fully saturated rings. The molecule has 2 N–H and O–H groups in total. The van der Waals surface area contributed by atoms with Gasteiger partial charge in [-0.3, -0.25) is 0 Å². The Morgan fingerprint density at radius 2 is 2.41 bits per heavy atom. The average molecular weight is 236 g/mol. The van der Waals surface area contributed by atoms with Crippen molar-refractivity contribution in [2.75, 3.05) is 31.6 Å². The van der Waals surface area contributed by atoms with Crippen LogP contribution in [0.2, 0.25) is 0 Å².